The molecule has 1 aliphatic rings. The topological polar surface area (TPSA) is 33.2 Å². The minimum atomic E-state index is -0.0414. The molecule has 0 atom stereocenters. The molecule has 3 nitrogen and oxygen atoms in total. The summed E-state index contributed by atoms with van der Waals surface area (Å²) in [5, 5.41) is 0.543. The van der Waals surface area contributed by atoms with Crippen LogP contribution in [0.25, 0.3) is 0 Å². The highest BCUT2D eigenvalue weighted by molar-refractivity contribution is 6.30. The number of hydrogen-bond acceptors (Lipinski definition) is 2. The predicted molar refractivity (Wildman–Crippen MR) is 79.0 cm³/mol. The summed E-state index contributed by atoms with van der Waals surface area (Å²) in [5.41, 5.74) is 3.09. The average Bonchev–Trinajstić information content (AvgIpc) is 2.69. The van der Waals surface area contributed by atoms with Crippen molar-refractivity contribution in [1.82, 2.24) is 9.88 Å². The van der Waals surface area contributed by atoms with Crippen molar-refractivity contribution in [2.75, 3.05) is 13.1 Å². The van der Waals surface area contributed by atoms with Gasteiger partial charge >= 0.3 is 0 Å². The van der Waals surface area contributed by atoms with E-state index in [-0.39, 0.29) is 5.91 Å². The van der Waals surface area contributed by atoms with E-state index in [1.54, 1.807) is 18.3 Å². The van der Waals surface area contributed by atoms with Gasteiger partial charge in [-0.3, -0.25) is 9.78 Å². The van der Waals surface area contributed by atoms with Gasteiger partial charge in [0.05, 0.1) is 0 Å². The van der Waals surface area contributed by atoms with Crippen molar-refractivity contribution < 1.29 is 4.79 Å². The van der Waals surface area contributed by atoms with Crippen molar-refractivity contribution >= 4 is 17.5 Å². The Bertz CT molecular complexity index is 615. The van der Waals surface area contributed by atoms with Gasteiger partial charge in [0.2, 0.25) is 0 Å². The van der Waals surface area contributed by atoms with E-state index >= 15 is 0 Å². The number of carbonyl (C=O) groups excluding carboxylic acids is 1. The van der Waals surface area contributed by atoms with Gasteiger partial charge in [-0.25, -0.2) is 0 Å². The first-order valence-electron chi connectivity index (χ1n) is 6.71. The lowest BCUT2D eigenvalue weighted by molar-refractivity contribution is 0.0757. The molecule has 2 aromatic rings. The van der Waals surface area contributed by atoms with Gasteiger partial charge in [-0.2, -0.15) is 0 Å². The molecule has 0 spiro atoms. The van der Waals surface area contributed by atoms with Gasteiger partial charge in [0, 0.05) is 24.3 Å². The predicted octanol–water partition coefficient (Wildman–Crippen LogP) is 2.98. The van der Waals surface area contributed by atoms with Crippen LogP contribution in [0.2, 0.25) is 5.02 Å². The average molecular weight is 287 g/mol. The van der Waals surface area contributed by atoms with Gasteiger partial charge in [0.25, 0.3) is 5.91 Å². The third-order valence-electron chi connectivity index (χ3n) is 3.65. The van der Waals surface area contributed by atoms with Gasteiger partial charge in [0.1, 0.15) is 5.69 Å². The van der Waals surface area contributed by atoms with Gasteiger partial charge in [0.15, 0.2) is 0 Å². The summed E-state index contributed by atoms with van der Waals surface area (Å²) in [7, 11) is 0. The second-order valence-electron chi connectivity index (χ2n) is 4.92. The van der Waals surface area contributed by atoms with Crippen LogP contribution in [-0.2, 0) is 12.8 Å². The van der Waals surface area contributed by atoms with Crippen LogP contribution in [-0.4, -0.2) is 28.9 Å². The number of nitrogens with zero attached hydrogens (tertiary/aromatic N) is 2. The Morgan fingerprint density at radius 3 is 2.35 bits per heavy atom. The molecule has 1 aromatic carbocycles. The number of amides is 1. The Morgan fingerprint density at radius 2 is 1.75 bits per heavy atom. The first kappa shape index (κ1) is 13.1. The summed E-state index contributed by atoms with van der Waals surface area (Å²) in [4.78, 5) is 18.4. The third kappa shape index (κ3) is 2.68. The van der Waals surface area contributed by atoms with Crippen LogP contribution in [0.4, 0.5) is 0 Å². The Kier molecular flexibility index (Phi) is 3.70. The molecule has 0 bridgehead atoms. The lowest BCUT2D eigenvalue weighted by Gasteiger charge is -2.19. The molecule has 0 saturated carbocycles. The highest BCUT2D eigenvalue weighted by Crippen LogP contribution is 2.17. The number of benzene rings is 1. The number of carbonyl (C=O) groups is 1. The van der Waals surface area contributed by atoms with E-state index in [0.29, 0.717) is 10.7 Å². The maximum Gasteiger partial charge on any atom is 0.272 e. The van der Waals surface area contributed by atoms with E-state index in [1.807, 2.05) is 4.90 Å². The molecule has 0 unspecified atom stereocenters. The van der Waals surface area contributed by atoms with E-state index < -0.39 is 0 Å². The molecule has 102 valence electrons. The van der Waals surface area contributed by atoms with Crippen LogP contribution in [0.1, 0.15) is 21.6 Å². The molecule has 0 N–H and O–H groups in total. The molecule has 1 aromatic heterocycles. The Hall–Kier alpha value is -1.87. The summed E-state index contributed by atoms with van der Waals surface area (Å²) in [6, 6.07) is 11.7. The van der Waals surface area contributed by atoms with Gasteiger partial charge in [-0.05, 0) is 36.1 Å². The summed E-state index contributed by atoms with van der Waals surface area (Å²) >= 11 is 5.92. The zero-order valence-corrected chi connectivity index (χ0v) is 11.8. The third-order valence-corrected chi connectivity index (χ3v) is 3.88. The van der Waals surface area contributed by atoms with E-state index in [4.69, 9.17) is 11.6 Å². The van der Waals surface area contributed by atoms with Crippen molar-refractivity contribution in [2.45, 2.75) is 12.8 Å². The Morgan fingerprint density at radius 1 is 1.10 bits per heavy atom. The van der Waals surface area contributed by atoms with Crippen molar-refractivity contribution in [3.8, 4) is 0 Å². The van der Waals surface area contributed by atoms with Crippen molar-refractivity contribution in [1.29, 1.82) is 0 Å². The number of pyridine rings is 1. The Balaban J connectivity index is 1.78. The molecule has 2 heterocycles. The maximum atomic E-state index is 12.5. The van der Waals surface area contributed by atoms with Crippen LogP contribution < -0.4 is 0 Å². The quantitative estimate of drug-likeness (QED) is 0.807. The van der Waals surface area contributed by atoms with Crippen molar-refractivity contribution in [3.05, 3.63) is 64.4 Å². The molecule has 20 heavy (non-hydrogen) atoms. The summed E-state index contributed by atoms with van der Waals surface area (Å²) in [6.45, 7) is 1.45. The summed E-state index contributed by atoms with van der Waals surface area (Å²) in [5.74, 6) is -0.0414. The van der Waals surface area contributed by atoms with Gasteiger partial charge in [-0.1, -0.05) is 35.9 Å². The zero-order valence-electron chi connectivity index (χ0n) is 11.1. The van der Waals surface area contributed by atoms with E-state index in [9.17, 15) is 4.79 Å². The number of hydrogen-bond donors (Lipinski definition) is 0. The molecule has 0 fully saturated rings. The number of halogens is 1. The van der Waals surface area contributed by atoms with Crippen LogP contribution in [0, 0.1) is 0 Å². The highest BCUT2D eigenvalue weighted by atomic mass is 35.5. The standard InChI is InChI=1S/C16H15ClN2O/c17-14-5-8-18-15(11-14)16(20)19-9-6-12-3-1-2-4-13(12)7-10-19/h1-5,8,11H,6-7,9-10H2. The fourth-order valence-electron chi connectivity index (χ4n) is 2.55. The highest BCUT2D eigenvalue weighted by Gasteiger charge is 2.20. The molecular formula is C16H15ClN2O. The number of aromatic nitrogens is 1. The molecule has 1 aliphatic heterocycles. The number of rotatable bonds is 1. The second kappa shape index (κ2) is 5.63. The molecular weight excluding hydrogens is 272 g/mol. The summed E-state index contributed by atoms with van der Waals surface area (Å²) in [6.07, 6.45) is 3.35. The SMILES string of the molecule is O=C(c1cc(Cl)ccn1)N1CCc2ccccc2CC1. The molecule has 0 aliphatic carbocycles. The minimum Gasteiger partial charge on any atom is -0.337 e. The smallest absolute Gasteiger partial charge is 0.272 e. The van der Waals surface area contributed by atoms with E-state index in [2.05, 4.69) is 29.2 Å². The van der Waals surface area contributed by atoms with Crippen LogP contribution >= 0.6 is 11.6 Å². The largest absolute Gasteiger partial charge is 0.337 e. The van der Waals surface area contributed by atoms with Crippen LogP contribution in [0.15, 0.2) is 42.6 Å². The van der Waals surface area contributed by atoms with Crippen molar-refractivity contribution in [2.24, 2.45) is 0 Å². The second-order valence-corrected chi connectivity index (χ2v) is 5.36. The first-order valence-corrected chi connectivity index (χ1v) is 7.09. The molecule has 0 saturated heterocycles. The first-order chi connectivity index (χ1) is 9.74. The molecule has 0 radical (unpaired) electrons. The monoisotopic (exact) mass is 286 g/mol. The van der Waals surface area contributed by atoms with Crippen LogP contribution in [0.3, 0.4) is 0 Å². The number of fused-ring (bicyclic) bond motifs is 1. The maximum absolute atomic E-state index is 12.5. The normalized spacial score (nSPS) is 14.6. The summed E-state index contributed by atoms with van der Waals surface area (Å²) < 4.78 is 0. The fourth-order valence-corrected chi connectivity index (χ4v) is 2.71. The molecule has 4 heteroatoms. The van der Waals surface area contributed by atoms with E-state index in [1.165, 1.54) is 11.1 Å². The van der Waals surface area contributed by atoms with Crippen molar-refractivity contribution in [3.63, 3.8) is 0 Å². The lowest BCUT2D eigenvalue weighted by atomic mass is 10.0. The minimum absolute atomic E-state index is 0.0414. The van der Waals surface area contributed by atoms with E-state index in [0.717, 1.165) is 25.9 Å². The van der Waals surface area contributed by atoms with Crippen LogP contribution in [0.5, 0.6) is 0 Å². The van der Waals surface area contributed by atoms with Gasteiger partial charge in [-0.15, -0.1) is 0 Å². The zero-order chi connectivity index (χ0) is 13.9. The molecule has 3 rings (SSSR count). The Labute approximate surface area is 123 Å². The fraction of sp³-hybridized carbons (Fsp3) is 0.250. The lowest BCUT2D eigenvalue weighted by Crippen LogP contribution is -2.33. The van der Waals surface area contributed by atoms with Gasteiger partial charge < -0.3 is 4.90 Å². The molecule has 1 amide bonds.